The Labute approximate surface area is 82.9 Å². The first kappa shape index (κ1) is 11.1. The number of halogens is 2. The molecular weight excluding hydrogens is 184 g/mol. The summed E-state index contributed by atoms with van der Waals surface area (Å²) in [6.07, 6.45) is 1.01. The molecule has 0 aliphatic carbocycles. The van der Waals surface area contributed by atoms with E-state index < -0.39 is 11.5 Å². The van der Waals surface area contributed by atoms with Gasteiger partial charge in [-0.2, -0.15) is 0 Å². The molecule has 78 valence electrons. The molecule has 1 rings (SSSR count). The zero-order chi connectivity index (χ0) is 10.6. The van der Waals surface area contributed by atoms with Crippen molar-refractivity contribution < 1.29 is 8.78 Å². The van der Waals surface area contributed by atoms with Crippen LogP contribution in [0.1, 0.15) is 25.3 Å². The van der Waals surface area contributed by atoms with Gasteiger partial charge in [0, 0.05) is 6.54 Å². The van der Waals surface area contributed by atoms with E-state index in [9.17, 15) is 8.78 Å². The highest BCUT2D eigenvalue weighted by molar-refractivity contribution is 5.23. The minimum absolute atomic E-state index is 0.107. The van der Waals surface area contributed by atoms with Crippen LogP contribution >= 0.6 is 0 Å². The van der Waals surface area contributed by atoms with E-state index in [0.717, 1.165) is 0 Å². The van der Waals surface area contributed by atoms with E-state index in [0.29, 0.717) is 18.4 Å². The lowest BCUT2D eigenvalue weighted by molar-refractivity contribution is 0.159. The molecule has 14 heavy (non-hydrogen) atoms. The zero-order valence-electron chi connectivity index (χ0n) is 8.26. The van der Waals surface area contributed by atoms with E-state index in [1.807, 2.05) is 6.92 Å². The molecule has 1 aromatic rings. The van der Waals surface area contributed by atoms with E-state index in [1.54, 1.807) is 6.07 Å². The first-order valence-electron chi connectivity index (χ1n) is 4.77. The predicted molar refractivity (Wildman–Crippen MR) is 53.1 cm³/mol. The van der Waals surface area contributed by atoms with Crippen molar-refractivity contribution in [1.29, 1.82) is 0 Å². The smallest absolute Gasteiger partial charge is 0.148 e. The van der Waals surface area contributed by atoms with Crippen LogP contribution in [0.15, 0.2) is 24.3 Å². The van der Waals surface area contributed by atoms with Gasteiger partial charge in [0.1, 0.15) is 11.5 Å². The van der Waals surface area contributed by atoms with Crippen molar-refractivity contribution in [3.63, 3.8) is 0 Å². The fourth-order valence-corrected chi connectivity index (χ4v) is 1.53. The molecule has 1 atom stereocenters. The monoisotopic (exact) mass is 199 g/mol. The molecule has 0 spiro atoms. The third-order valence-electron chi connectivity index (χ3n) is 2.31. The summed E-state index contributed by atoms with van der Waals surface area (Å²) in [5.74, 6) is -0.422. The van der Waals surface area contributed by atoms with Gasteiger partial charge in [-0.1, -0.05) is 25.5 Å². The van der Waals surface area contributed by atoms with E-state index in [-0.39, 0.29) is 6.54 Å². The number of nitrogens with two attached hydrogens (primary N) is 1. The van der Waals surface area contributed by atoms with Crippen LogP contribution in [0.3, 0.4) is 0 Å². The van der Waals surface area contributed by atoms with Gasteiger partial charge in [-0.05, 0) is 24.1 Å². The van der Waals surface area contributed by atoms with Gasteiger partial charge in [-0.15, -0.1) is 0 Å². The molecule has 3 heteroatoms. The molecular formula is C11H15F2N. The third kappa shape index (κ3) is 2.29. The Hall–Kier alpha value is -0.960. The molecule has 0 fully saturated rings. The Balaban J connectivity index is 2.99. The van der Waals surface area contributed by atoms with E-state index in [4.69, 9.17) is 5.73 Å². The van der Waals surface area contributed by atoms with Gasteiger partial charge in [0.2, 0.25) is 0 Å². The largest absolute Gasteiger partial charge is 0.327 e. The van der Waals surface area contributed by atoms with Crippen molar-refractivity contribution >= 4 is 0 Å². The first-order chi connectivity index (χ1) is 6.62. The molecule has 0 aliphatic heterocycles. The number of benzene rings is 1. The van der Waals surface area contributed by atoms with Gasteiger partial charge in [-0.3, -0.25) is 0 Å². The lowest BCUT2D eigenvalue weighted by atomic mass is 9.91. The number of hydrogen-bond acceptors (Lipinski definition) is 1. The van der Waals surface area contributed by atoms with Gasteiger partial charge in [0.25, 0.3) is 0 Å². The second-order valence-electron chi connectivity index (χ2n) is 3.43. The lowest BCUT2D eigenvalue weighted by Crippen LogP contribution is -2.30. The summed E-state index contributed by atoms with van der Waals surface area (Å²) in [7, 11) is 0. The average molecular weight is 199 g/mol. The average Bonchev–Trinajstić information content (AvgIpc) is 2.18. The topological polar surface area (TPSA) is 26.0 Å². The van der Waals surface area contributed by atoms with Gasteiger partial charge in [-0.25, -0.2) is 8.78 Å². The van der Waals surface area contributed by atoms with E-state index in [2.05, 4.69) is 0 Å². The normalized spacial score (nSPS) is 15.1. The lowest BCUT2D eigenvalue weighted by Gasteiger charge is -2.23. The summed E-state index contributed by atoms with van der Waals surface area (Å²) in [4.78, 5) is 0. The Morgan fingerprint density at radius 2 is 2.14 bits per heavy atom. The molecule has 2 N–H and O–H groups in total. The van der Waals surface area contributed by atoms with Crippen LogP contribution in [-0.4, -0.2) is 6.54 Å². The number of rotatable bonds is 4. The zero-order valence-corrected chi connectivity index (χ0v) is 8.26. The van der Waals surface area contributed by atoms with Crippen molar-refractivity contribution in [3.05, 3.63) is 35.6 Å². The summed E-state index contributed by atoms with van der Waals surface area (Å²) < 4.78 is 27.0. The Morgan fingerprint density at radius 3 is 2.64 bits per heavy atom. The van der Waals surface area contributed by atoms with Crippen molar-refractivity contribution in [2.24, 2.45) is 5.73 Å². The molecule has 0 saturated heterocycles. The molecule has 1 aromatic carbocycles. The number of alkyl halides is 1. The third-order valence-corrected chi connectivity index (χ3v) is 2.31. The maximum atomic E-state index is 14.1. The van der Waals surface area contributed by atoms with Crippen molar-refractivity contribution in [3.8, 4) is 0 Å². The van der Waals surface area contributed by atoms with Gasteiger partial charge < -0.3 is 5.73 Å². The standard InChI is InChI=1S/C11H15F2N/c1-2-6-11(13,8-14)9-4-3-5-10(12)7-9/h3-5,7H,2,6,8,14H2,1H3. The van der Waals surface area contributed by atoms with E-state index >= 15 is 0 Å². The fraction of sp³-hybridized carbons (Fsp3) is 0.455. The molecule has 0 bridgehead atoms. The summed E-state index contributed by atoms with van der Waals surface area (Å²) in [5, 5.41) is 0. The maximum absolute atomic E-state index is 14.1. The van der Waals surface area contributed by atoms with Crippen LogP contribution in [0.25, 0.3) is 0 Å². The molecule has 1 nitrogen and oxygen atoms in total. The summed E-state index contributed by atoms with van der Waals surface area (Å²) in [6.45, 7) is 1.77. The van der Waals surface area contributed by atoms with Crippen LogP contribution in [0.4, 0.5) is 8.78 Å². The fourth-order valence-electron chi connectivity index (χ4n) is 1.53. The molecule has 0 radical (unpaired) electrons. The molecule has 0 heterocycles. The first-order valence-corrected chi connectivity index (χ1v) is 4.77. The van der Waals surface area contributed by atoms with Crippen LogP contribution in [0, 0.1) is 5.82 Å². The van der Waals surface area contributed by atoms with Gasteiger partial charge in [0.05, 0.1) is 0 Å². The second-order valence-corrected chi connectivity index (χ2v) is 3.43. The summed E-state index contributed by atoms with van der Waals surface area (Å²) >= 11 is 0. The molecule has 0 saturated carbocycles. The molecule has 1 unspecified atom stereocenters. The van der Waals surface area contributed by atoms with Gasteiger partial charge in [0.15, 0.2) is 0 Å². The molecule has 0 aliphatic rings. The van der Waals surface area contributed by atoms with Crippen LogP contribution in [-0.2, 0) is 5.67 Å². The predicted octanol–water partition coefficient (Wildman–Crippen LogP) is 2.75. The second kappa shape index (κ2) is 4.51. The highest BCUT2D eigenvalue weighted by Crippen LogP contribution is 2.30. The van der Waals surface area contributed by atoms with Crippen LogP contribution in [0.2, 0.25) is 0 Å². The Morgan fingerprint density at radius 1 is 1.43 bits per heavy atom. The molecule has 0 amide bonds. The highest BCUT2D eigenvalue weighted by atomic mass is 19.1. The van der Waals surface area contributed by atoms with Crippen molar-refractivity contribution in [2.45, 2.75) is 25.4 Å². The maximum Gasteiger partial charge on any atom is 0.148 e. The van der Waals surface area contributed by atoms with Gasteiger partial charge >= 0.3 is 0 Å². The van der Waals surface area contributed by atoms with Crippen LogP contribution < -0.4 is 5.73 Å². The Kier molecular flexibility index (Phi) is 3.58. The SMILES string of the molecule is CCCC(F)(CN)c1cccc(F)c1. The quantitative estimate of drug-likeness (QED) is 0.792. The van der Waals surface area contributed by atoms with Crippen LogP contribution in [0.5, 0.6) is 0 Å². The minimum atomic E-state index is -1.59. The highest BCUT2D eigenvalue weighted by Gasteiger charge is 2.29. The summed E-state index contributed by atoms with van der Waals surface area (Å²) in [6, 6.07) is 5.59. The summed E-state index contributed by atoms with van der Waals surface area (Å²) in [5.41, 5.74) is 4.13. The minimum Gasteiger partial charge on any atom is -0.327 e. The van der Waals surface area contributed by atoms with Crippen molar-refractivity contribution in [2.75, 3.05) is 6.54 Å². The van der Waals surface area contributed by atoms with E-state index in [1.165, 1.54) is 18.2 Å². The van der Waals surface area contributed by atoms with Crippen molar-refractivity contribution in [1.82, 2.24) is 0 Å². The number of hydrogen-bond donors (Lipinski definition) is 1. The molecule has 0 aromatic heterocycles. The Bertz CT molecular complexity index is 301.